The number of carboxylic acid groups (broad SMARTS) is 1. The highest BCUT2D eigenvalue weighted by molar-refractivity contribution is 5.94. The number of rotatable bonds is 6. The highest BCUT2D eigenvalue weighted by Crippen LogP contribution is 2.32. The van der Waals surface area contributed by atoms with Crippen molar-refractivity contribution >= 4 is 34.2 Å². The third-order valence-corrected chi connectivity index (χ3v) is 7.12. The van der Waals surface area contributed by atoms with E-state index in [1.54, 1.807) is 36.4 Å². The summed E-state index contributed by atoms with van der Waals surface area (Å²) in [5, 5.41) is 22.9. The quantitative estimate of drug-likeness (QED) is 0.339. The number of piperazine rings is 1. The average Bonchev–Trinajstić information content (AvgIpc) is 2.92. The van der Waals surface area contributed by atoms with Gasteiger partial charge in [0.25, 0.3) is 0 Å². The molecular weight excluding hydrogens is 495 g/mol. The summed E-state index contributed by atoms with van der Waals surface area (Å²) in [6.07, 6.45) is 0. The van der Waals surface area contributed by atoms with Crippen molar-refractivity contribution in [2.45, 2.75) is 32.9 Å². The van der Waals surface area contributed by atoms with Gasteiger partial charge in [-0.25, -0.2) is 19.2 Å². The summed E-state index contributed by atoms with van der Waals surface area (Å²) in [4.78, 5) is 25.7. The first kappa shape index (κ1) is 25.9. The van der Waals surface area contributed by atoms with Crippen LogP contribution in [0.3, 0.4) is 0 Å². The Morgan fingerprint density at radius 3 is 2.59 bits per heavy atom. The number of aromatic carboxylic acids is 1. The molecule has 39 heavy (non-hydrogen) atoms. The van der Waals surface area contributed by atoms with Crippen LogP contribution >= 0.6 is 0 Å². The summed E-state index contributed by atoms with van der Waals surface area (Å²) in [5.41, 5.74) is 5.02. The molecule has 2 heterocycles. The molecule has 0 radical (unpaired) electrons. The number of hydrogen-bond acceptors (Lipinski definition) is 7. The number of para-hydroxylation sites is 1. The van der Waals surface area contributed by atoms with Crippen molar-refractivity contribution in [3.05, 3.63) is 88.9 Å². The Balaban J connectivity index is 1.50. The van der Waals surface area contributed by atoms with Crippen molar-refractivity contribution in [3.8, 4) is 6.07 Å². The van der Waals surface area contributed by atoms with Crippen LogP contribution in [0.4, 0.5) is 21.6 Å². The number of anilines is 3. The molecule has 198 valence electrons. The lowest BCUT2D eigenvalue weighted by Crippen LogP contribution is -2.52. The molecule has 0 saturated carbocycles. The van der Waals surface area contributed by atoms with Crippen LogP contribution in [0, 0.1) is 24.1 Å². The number of nitrogens with one attached hydrogen (secondary N) is 1. The Labute approximate surface area is 226 Å². The summed E-state index contributed by atoms with van der Waals surface area (Å²) in [5.74, 6) is -0.745. The van der Waals surface area contributed by atoms with Crippen LogP contribution in [0.25, 0.3) is 11.0 Å². The minimum atomic E-state index is -1.01. The maximum Gasteiger partial charge on any atom is 0.337 e. The number of hydrogen-bond donors (Lipinski definition) is 2. The van der Waals surface area contributed by atoms with E-state index in [9.17, 15) is 19.6 Å². The number of aryl methyl sites for hydroxylation is 1. The summed E-state index contributed by atoms with van der Waals surface area (Å²) in [6.45, 7) is 7.97. The fourth-order valence-electron chi connectivity index (χ4n) is 5.19. The maximum absolute atomic E-state index is 13.4. The van der Waals surface area contributed by atoms with E-state index >= 15 is 0 Å². The molecule has 0 spiro atoms. The van der Waals surface area contributed by atoms with Gasteiger partial charge in [0.15, 0.2) is 11.5 Å². The fraction of sp³-hybridized carbons (Fsp3) is 0.267. The number of benzene rings is 3. The second-order valence-electron chi connectivity index (χ2n) is 9.91. The average molecular weight is 525 g/mol. The summed E-state index contributed by atoms with van der Waals surface area (Å²) in [7, 11) is 0. The largest absolute Gasteiger partial charge is 0.478 e. The highest BCUT2D eigenvalue weighted by atomic mass is 19.1. The van der Waals surface area contributed by atoms with E-state index in [0.717, 1.165) is 16.8 Å². The Morgan fingerprint density at radius 1 is 1.15 bits per heavy atom. The molecule has 1 aliphatic rings. The molecule has 1 aromatic heterocycles. The van der Waals surface area contributed by atoms with E-state index in [0.29, 0.717) is 42.2 Å². The molecule has 1 saturated heterocycles. The Kier molecular flexibility index (Phi) is 7.03. The van der Waals surface area contributed by atoms with Crippen molar-refractivity contribution in [3.63, 3.8) is 0 Å². The van der Waals surface area contributed by atoms with E-state index < -0.39 is 5.97 Å². The first-order valence-corrected chi connectivity index (χ1v) is 12.8. The molecule has 2 atom stereocenters. The lowest BCUT2D eigenvalue weighted by molar-refractivity contribution is 0.0698. The van der Waals surface area contributed by atoms with Crippen LogP contribution in [-0.2, 0) is 0 Å². The van der Waals surface area contributed by atoms with Gasteiger partial charge >= 0.3 is 5.97 Å². The molecular formula is C30H29FN6O2. The smallest absolute Gasteiger partial charge is 0.337 e. The van der Waals surface area contributed by atoms with Crippen LogP contribution in [0.1, 0.15) is 47.1 Å². The Hall–Kier alpha value is -4.71. The summed E-state index contributed by atoms with van der Waals surface area (Å²) < 4.78 is 13.4. The number of nitriles is 1. The minimum Gasteiger partial charge on any atom is -0.478 e. The topological polar surface area (TPSA) is 105 Å². The molecule has 3 aromatic carbocycles. The Bertz CT molecular complexity index is 1580. The van der Waals surface area contributed by atoms with Crippen molar-refractivity contribution < 1.29 is 14.3 Å². The molecule has 1 aliphatic heterocycles. The number of carbonyl (C=O) groups is 1. The van der Waals surface area contributed by atoms with Crippen LogP contribution < -0.4 is 15.1 Å². The number of aromatic nitrogens is 2. The number of carboxylic acids is 1. The molecule has 2 N–H and O–H groups in total. The molecule has 1 unspecified atom stereocenters. The van der Waals surface area contributed by atoms with Gasteiger partial charge in [-0.05, 0) is 68.8 Å². The lowest BCUT2D eigenvalue weighted by atomic mass is 10.0. The van der Waals surface area contributed by atoms with E-state index in [2.05, 4.69) is 28.1 Å². The van der Waals surface area contributed by atoms with Crippen LogP contribution in [0.15, 0.2) is 60.7 Å². The molecule has 8 nitrogen and oxygen atoms in total. The lowest BCUT2D eigenvalue weighted by Gasteiger charge is -2.41. The van der Waals surface area contributed by atoms with E-state index in [1.807, 2.05) is 26.0 Å². The molecule has 0 aliphatic carbocycles. The van der Waals surface area contributed by atoms with Gasteiger partial charge in [0.05, 0.1) is 22.6 Å². The van der Waals surface area contributed by atoms with E-state index in [-0.39, 0.29) is 29.2 Å². The third kappa shape index (κ3) is 5.18. The normalized spacial score (nSPS) is 16.1. The van der Waals surface area contributed by atoms with Gasteiger partial charge in [0.1, 0.15) is 11.9 Å². The summed E-state index contributed by atoms with van der Waals surface area (Å²) >= 11 is 0. The van der Waals surface area contributed by atoms with E-state index in [1.165, 1.54) is 12.1 Å². The molecule has 1 fully saturated rings. The van der Waals surface area contributed by atoms with Gasteiger partial charge in [0, 0.05) is 42.6 Å². The molecule has 5 rings (SSSR count). The highest BCUT2D eigenvalue weighted by Gasteiger charge is 2.28. The van der Waals surface area contributed by atoms with Crippen LogP contribution in [-0.4, -0.2) is 46.7 Å². The maximum atomic E-state index is 13.4. The zero-order valence-electron chi connectivity index (χ0n) is 22.0. The SMILES string of the molecule is Cc1cc([C@@H](C)Nc2ccccc2C(=O)O)c2nc(N3CCN(c4ccc(F)cc4)CC3C)c(C#N)nc2c1. The molecule has 0 amide bonds. The van der Waals surface area contributed by atoms with Gasteiger partial charge in [0.2, 0.25) is 0 Å². The van der Waals surface area contributed by atoms with Crippen molar-refractivity contribution in [2.24, 2.45) is 0 Å². The predicted molar refractivity (Wildman–Crippen MR) is 150 cm³/mol. The number of halogens is 1. The van der Waals surface area contributed by atoms with Gasteiger partial charge in [-0.2, -0.15) is 5.26 Å². The molecule has 0 bridgehead atoms. The van der Waals surface area contributed by atoms with E-state index in [4.69, 9.17) is 9.97 Å². The molecule has 9 heteroatoms. The second-order valence-corrected chi connectivity index (χ2v) is 9.91. The molecule has 4 aromatic rings. The number of nitrogens with zero attached hydrogens (tertiary/aromatic N) is 5. The number of fused-ring (bicyclic) bond motifs is 1. The summed E-state index contributed by atoms with van der Waals surface area (Å²) in [6, 6.07) is 19.2. The van der Waals surface area contributed by atoms with Crippen molar-refractivity contribution in [1.82, 2.24) is 9.97 Å². The van der Waals surface area contributed by atoms with Crippen molar-refractivity contribution in [2.75, 3.05) is 34.8 Å². The fourth-order valence-corrected chi connectivity index (χ4v) is 5.19. The van der Waals surface area contributed by atoms with Gasteiger partial charge in [-0.1, -0.05) is 18.2 Å². The van der Waals surface area contributed by atoms with Gasteiger partial charge < -0.3 is 20.2 Å². The minimum absolute atomic E-state index is 0.0227. The first-order chi connectivity index (χ1) is 18.7. The monoisotopic (exact) mass is 524 g/mol. The third-order valence-electron chi connectivity index (χ3n) is 7.12. The van der Waals surface area contributed by atoms with Crippen molar-refractivity contribution in [1.29, 1.82) is 5.26 Å². The van der Waals surface area contributed by atoms with Gasteiger partial charge in [-0.15, -0.1) is 0 Å². The van der Waals surface area contributed by atoms with Crippen LogP contribution in [0.5, 0.6) is 0 Å². The second kappa shape index (κ2) is 10.6. The first-order valence-electron chi connectivity index (χ1n) is 12.8. The zero-order chi connectivity index (χ0) is 27.7. The van der Waals surface area contributed by atoms with Crippen LogP contribution in [0.2, 0.25) is 0 Å². The predicted octanol–water partition coefficient (Wildman–Crippen LogP) is 5.54. The zero-order valence-corrected chi connectivity index (χ0v) is 22.0. The Morgan fingerprint density at radius 2 is 1.90 bits per heavy atom. The van der Waals surface area contributed by atoms with Gasteiger partial charge in [-0.3, -0.25) is 0 Å². The standard InChI is InChI=1S/C30H29FN6O2/c1-18-14-24(20(3)33-25-7-5-4-6-23(25)30(38)39)28-26(15-18)34-27(16-32)29(35-28)37-13-12-36(17-19(37)2)22-10-8-21(31)9-11-22/h4-11,14-15,19-20,33H,12-13,17H2,1-3H3,(H,38,39)/t19?,20-/m1/s1.